The van der Waals surface area contributed by atoms with Gasteiger partial charge in [-0.25, -0.2) is 9.67 Å². The van der Waals surface area contributed by atoms with Crippen molar-refractivity contribution in [1.82, 2.24) is 19.7 Å². The van der Waals surface area contributed by atoms with Gasteiger partial charge in [-0.15, -0.1) is 8.78 Å². The molecule has 2 amide bonds. The highest BCUT2D eigenvalue weighted by Crippen LogP contribution is 2.45. The van der Waals surface area contributed by atoms with Gasteiger partial charge in [0.25, 0.3) is 11.8 Å². The fraction of sp³-hybridized carbons (Fsp3) is 0.267. The Morgan fingerprint density at radius 3 is 2.41 bits per heavy atom. The van der Waals surface area contributed by atoms with E-state index in [2.05, 4.69) is 19.6 Å². The van der Waals surface area contributed by atoms with E-state index in [0.29, 0.717) is 12.0 Å². The summed E-state index contributed by atoms with van der Waals surface area (Å²) in [5, 5.41) is 3.94. The van der Waals surface area contributed by atoms with Crippen molar-refractivity contribution in [2.24, 2.45) is 0 Å². The fourth-order valence-electron chi connectivity index (χ4n) is 5.89. The number of ether oxygens (including phenoxy) is 3. The van der Waals surface area contributed by atoms with E-state index in [9.17, 15) is 31.5 Å². The number of halogens is 5. The van der Waals surface area contributed by atoms with Crippen LogP contribution in [-0.2, 0) is 12.6 Å². The number of nitrogens with zero attached hydrogens (tertiary/aromatic N) is 4. The summed E-state index contributed by atoms with van der Waals surface area (Å²) in [4.78, 5) is 31.9. The first-order valence-corrected chi connectivity index (χ1v) is 13.6. The van der Waals surface area contributed by atoms with Crippen molar-refractivity contribution in [3.05, 3.63) is 94.4 Å². The van der Waals surface area contributed by atoms with E-state index in [1.165, 1.54) is 48.7 Å². The first-order chi connectivity index (χ1) is 20.9. The molecule has 0 spiro atoms. The van der Waals surface area contributed by atoms with Gasteiger partial charge >= 0.3 is 12.5 Å². The summed E-state index contributed by atoms with van der Waals surface area (Å²) in [7, 11) is 0. The van der Waals surface area contributed by atoms with E-state index < -0.39 is 42.1 Å². The lowest BCUT2D eigenvalue weighted by molar-refractivity contribution is -0.286. The molecule has 9 nitrogen and oxygen atoms in total. The van der Waals surface area contributed by atoms with Crippen LogP contribution in [0, 0.1) is 0 Å². The molecule has 1 aliphatic carbocycles. The van der Waals surface area contributed by atoms with Crippen LogP contribution in [0.15, 0.2) is 60.8 Å². The van der Waals surface area contributed by atoms with Gasteiger partial charge in [0.1, 0.15) is 6.10 Å². The van der Waals surface area contributed by atoms with Crippen molar-refractivity contribution in [2.75, 3.05) is 0 Å². The highest BCUT2D eigenvalue weighted by molar-refractivity contribution is 6.21. The van der Waals surface area contributed by atoms with Gasteiger partial charge in [-0.05, 0) is 62.1 Å². The summed E-state index contributed by atoms with van der Waals surface area (Å²) >= 11 is 0. The third-order valence-corrected chi connectivity index (χ3v) is 7.80. The number of pyridine rings is 1. The quantitative estimate of drug-likeness (QED) is 0.190. The van der Waals surface area contributed by atoms with E-state index in [-0.39, 0.29) is 58.3 Å². The Morgan fingerprint density at radius 2 is 1.70 bits per heavy atom. The first-order valence-electron chi connectivity index (χ1n) is 13.6. The average Bonchev–Trinajstić information content (AvgIpc) is 3.61. The van der Waals surface area contributed by atoms with E-state index in [1.807, 2.05) is 0 Å². The number of fused-ring (bicyclic) bond motifs is 3. The molecule has 2 aliphatic heterocycles. The van der Waals surface area contributed by atoms with Crippen molar-refractivity contribution >= 4 is 11.8 Å². The normalized spacial score (nSPS) is 19.1. The second-order valence-electron chi connectivity index (χ2n) is 10.5. The molecule has 2 aromatic heterocycles. The van der Waals surface area contributed by atoms with Crippen LogP contribution in [0.1, 0.15) is 75.1 Å². The molecule has 0 bridgehead atoms. The Balaban J connectivity index is 1.25. The van der Waals surface area contributed by atoms with Crippen LogP contribution in [0.2, 0.25) is 0 Å². The summed E-state index contributed by atoms with van der Waals surface area (Å²) in [6.07, 6.45) is -7.40. The number of imide groups is 1. The summed E-state index contributed by atoms with van der Waals surface area (Å²) in [5.41, 5.74) is -0.129. The molecular weight excluding hydrogens is 591 g/mol. The molecule has 14 heteroatoms. The van der Waals surface area contributed by atoms with Crippen molar-refractivity contribution in [3.8, 4) is 23.1 Å². The summed E-state index contributed by atoms with van der Waals surface area (Å²) in [6, 6.07) is 12.2. The van der Waals surface area contributed by atoms with Gasteiger partial charge < -0.3 is 14.2 Å². The monoisotopic (exact) mass is 612 g/mol. The molecular formula is C30H21F5N4O5. The Kier molecular flexibility index (Phi) is 6.16. The molecule has 0 saturated carbocycles. The zero-order chi connectivity index (χ0) is 31.0. The van der Waals surface area contributed by atoms with E-state index in [4.69, 9.17) is 4.74 Å². The third kappa shape index (κ3) is 4.52. The fourth-order valence-corrected chi connectivity index (χ4v) is 5.89. The molecule has 3 aliphatic rings. The van der Waals surface area contributed by atoms with E-state index in [0.717, 1.165) is 9.58 Å². The predicted octanol–water partition coefficient (Wildman–Crippen LogP) is 6.42. The molecule has 2 atom stereocenters. The van der Waals surface area contributed by atoms with Gasteiger partial charge in [0.15, 0.2) is 17.2 Å². The van der Waals surface area contributed by atoms with Gasteiger partial charge in [-0.2, -0.15) is 18.3 Å². The van der Waals surface area contributed by atoms with Crippen molar-refractivity contribution in [3.63, 3.8) is 0 Å². The second kappa shape index (κ2) is 9.76. The van der Waals surface area contributed by atoms with Crippen LogP contribution in [0.5, 0.6) is 17.4 Å². The molecule has 0 saturated heterocycles. The minimum atomic E-state index is -4.80. The smallest absolute Gasteiger partial charge is 0.470 e. The summed E-state index contributed by atoms with van der Waals surface area (Å²) in [6.45, 7) is 1.62. The van der Waals surface area contributed by atoms with E-state index in [1.54, 1.807) is 19.1 Å². The number of alkyl halides is 5. The number of hydrogen-bond acceptors (Lipinski definition) is 7. The number of carbonyl (C=O) groups excluding carboxylic acids is 2. The summed E-state index contributed by atoms with van der Waals surface area (Å²) in [5.74, 6) is -1.48. The maximum Gasteiger partial charge on any atom is 0.586 e. The molecule has 0 N–H and O–H groups in total. The zero-order valence-electron chi connectivity index (χ0n) is 22.8. The molecule has 4 heterocycles. The standard InChI is InChI=1S/C30H21F5N4O5/c1-15(16-9-10-22-23(13-16)44-30(34,35)43-22)42-24-14-17(11-12-36-24)39-25-20(26(37-39)29(31,32)33)7-4-8-21(25)38-27(40)18-5-2-3-6-19(18)28(38)41/h2-3,5-6,9-15,21H,4,7-8H2,1H3/t15-,21-/m0/s1. The SMILES string of the molecule is C[C@H](Oc1cc(-n2nc(C(F)(F)F)c3c2[C@@H](N2C(=O)c4ccccc4C2=O)CCC3)ccn1)c1ccc2c(c1)OC(F)(F)O2. The predicted molar refractivity (Wildman–Crippen MR) is 141 cm³/mol. The minimum absolute atomic E-state index is 0.00361. The van der Waals surface area contributed by atoms with Crippen LogP contribution in [-0.4, -0.2) is 37.8 Å². The molecule has 0 radical (unpaired) electrons. The highest BCUT2D eigenvalue weighted by Gasteiger charge is 2.47. The topological polar surface area (TPSA) is 95.8 Å². The molecule has 0 fully saturated rings. The van der Waals surface area contributed by atoms with Crippen LogP contribution in [0.3, 0.4) is 0 Å². The summed E-state index contributed by atoms with van der Waals surface area (Å²) < 4.78 is 85.5. The maximum atomic E-state index is 14.2. The van der Waals surface area contributed by atoms with E-state index >= 15 is 0 Å². The van der Waals surface area contributed by atoms with Crippen molar-refractivity contribution in [2.45, 2.75) is 50.8 Å². The Bertz CT molecular complexity index is 1800. The number of hydrogen-bond donors (Lipinski definition) is 0. The molecule has 4 aromatic rings. The number of amides is 2. The molecule has 0 unspecified atom stereocenters. The minimum Gasteiger partial charge on any atom is -0.470 e. The number of rotatable bonds is 5. The lowest BCUT2D eigenvalue weighted by atomic mass is 9.90. The molecule has 44 heavy (non-hydrogen) atoms. The molecule has 2 aromatic carbocycles. The Morgan fingerprint density at radius 1 is 1.00 bits per heavy atom. The number of aromatic nitrogens is 3. The maximum absolute atomic E-state index is 14.2. The Labute approximate surface area is 245 Å². The number of benzene rings is 2. The van der Waals surface area contributed by atoms with Gasteiger partial charge in [-0.3, -0.25) is 14.5 Å². The third-order valence-electron chi connectivity index (χ3n) is 7.80. The zero-order valence-corrected chi connectivity index (χ0v) is 22.8. The van der Waals surface area contributed by atoms with Crippen LogP contribution in [0.4, 0.5) is 22.0 Å². The lowest BCUT2D eigenvalue weighted by Gasteiger charge is -2.31. The first kappa shape index (κ1) is 27.8. The number of carbonyl (C=O) groups is 2. The van der Waals surface area contributed by atoms with Gasteiger partial charge in [0.05, 0.1) is 28.6 Å². The van der Waals surface area contributed by atoms with Crippen LogP contribution >= 0.6 is 0 Å². The largest absolute Gasteiger partial charge is 0.586 e. The Hall–Kier alpha value is -5.01. The highest BCUT2D eigenvalue weighted by atomic mass is 19.4. The molecule has 7 rings (SSSR count). The van der Waals surface area contributed by atoms with Gasteiger partial charge in [-0.1, -0.05) is 18.2 Å². The lowest BCUT2D eigenvalue weighted by Crippen LogP contribution is -2.37. The van der Waals surface area contributed by atoms with Crippen molar-refractivity contribution < 1.29 is 45.8 Å². The van der Waals surface area contributed by atoms with Gasteiger partial charge in [0.2, 0.25) is 5.88 Å². The van der Waals surface area contributed by atoms with Crippen LogP contribution < -0.4 is 14.2 Å². The van der Waals surface area contributed by atoms with Gasteiger partial charge in [0, 0.05) is 17.8 Å². The molecule has 226 valence electrons. The average molecular weight is 613 g/mol. The van der Waals surface area contributed by atoms with Crippen molar-refractivity contribution in [1.29, 1.82) is 0 Å². The second-order valence-corrected chi connectivity index (χ2v) is 10.5. The van der Waals surface area contributed by atoms with Crippen LogP contribution in [0.25, 0.3) is 5.69 Å².